The summed E-state index contributed by atoms with van der Waals surface area (Å²) >= 11 is 0. The average molecular weight is 318 g/mol. The van der Waals surface area contributed by atoms with Crippen molar-refractivity contribution < 1.29 is 43.9 Å². The van der Waals surface area contributed by atoms with E-state index < -0.39 is 40.2 Å². The lowest BCUT2D eigenvalue weighted by molar-refractivity contribution is -0.408. The first kappa shape index (κ1) is 14.8. The van der Waals surface area contributed by atoms with Crippen LogP contribution in [0.15, 0.2) is 0 Å². The molecule has 0 saturated heterocycles. The number of aromatic nitrogens is 4. The number of alkyl halides is 10. The molecule has 0 spiro atoms. The number of halogens is 10. The Labute approximate surface area is 101 Å². The minimum atomic E-state index is -7.07. The Kier molecular flexibility index (Phi) is 2.46. The Hall–Kier alpha value is -1.63. The molecule has 2 heterocycles. The second kappa shape index (κ2) is 3.33. The predicted octanol–water partition coefficient (Wildman–Crippen LogP) is 2.23. The highest BCUT2D eigenvalue weighted by atomic mass is 19.4. The first-order valence-corrected chi connectivity index (χ1v) is 4.41. The topological polar surface area (TPSA) is 43.6 Å². The van der Waals surface area contributed by atoms with Gasteiger partial charge in [0.25, 0.3) is 0 Å². The van der Waals surface area contributed by atoms with Crippen LogP contribution in [0.25, 0.3) is 0 Å². The van der Waals surface area contributed by atoms with Crippen molar-refractivity contribution >= 4 is 0 Å². The van der Waals surface area contributed by atoms with Gasteiger partial charge in [-0.3, -0.25) is 0 Å². The lowest BCUT2D eigenvalue weighted by Crippen LogP contribution is -2.63. The molecule has 1 aliphatic rings. The number of tetrazole rings is 1. The smallest absolute Gasteiger partial charge is 0.192 e. The summed E-state index contributed by atoms with van der Waals surface area (Å²) in [6.07, 6.45) is 0. The molecule has 0 aromatic carbocycles. The van der Waals surface area contributed by atoms with Crippen LogP contribution >= 0.6 is 0 Å². The molecule has 0 bridgehead atoms. The van der Waals surface area contributed by atoms with Gasteiger partial charge in [-0.2, -0.15) is 48.6 Å². The van der Waals surface area contributed by atoms with Crippen molar-refractivity contribution in [2.45, 2.75) is 29.7 Å². The van der Waals surface area contributed by atoms with Gasteiger partial charge >= 0.3 is 29.7 Å². The summed E-state index contributed by atoms with van der Waals surface area (Å²) < 4.78 is 129. The SMILES string of the molecule is FC1(F)c2nnnn2C(F)(F)C(F)(F)C(F)(F)C1(F)F. The zero-order valence-electron chi connectivity index (χ0n) is 8.57. The van der Waals surface area contributed by atoms with Crippen molar-refractivity contribution in [2.75, 3.05) is 0 Å². The minimum absolute atomic E-state index is 1.73. The molecule has 4 nitrogen and oxygen atoms in total. The zero-order valence-corrected chi connectivity index (χ0v) is 8.57. The van der Waals surface area contributed by atoms with Gasteiger partial charge in [-0.15, -0.1) is 5.10 Å². The van der Waals surface area contributed by atoms with Gasteiger partial charge in [0.15, 0.2) is 0 Å². The van der Waals surface area contributed by atoms with E-state index in [9.17, 15) is 43.9 Å². The van der Waals surface area contributed by atoms with Gasteiger partial charge in [-0.1, -0.05) is 0 Å². The highest BCUT2D eigenvalue weighted by Gasteiger charge is 2.91. The molecule has 1 aliphatic heterocycles. The molecule has 0 fully saturated rings. The minimum Gasteiger partial charge on any atom is -0.192 e. The molecular formula is C6F10N4. The molecule has 2 rings (SSSR count). The molecule has 0 radical (unpaired) electrons. The maximum absolute atomic E-state index is 13.2. The Balaban J connectivity index is 2.92. The van der Waals surface area contributed by atoms with Crippen molar-refractivity contribution in [1.29, 1.82) is 0 Å². The second-order valence-electron chi connectivity index (χ2n) is 3.75. The summed E-state index contributed by atoms with van der Waals surface area (Å²) in [5, 5.41) is 6.09. The molecule has 0 aliphatic carbocycles. The van der Waals surface area contributed by atoms with Crippen LogP contribution in [0.3, 0.4) is 0 Å². The highest BCUT2D eigenvalue weighted by Crippen LogP contribution is 2.62. The van der Waals surface area contributed by atoms with E-state index in [0.29, 0.717) is 0 Å². The van der Waals surface area contributed by atoms with E-state index in [2.05, 4.69) is 5.21 Å². The molecule has 14 heteroatoms. The molecule has 0 unspecified atom stereocenters. The Bertz CT molecular complexity index is 503. The van der Waals surface area contributed by atoms with E-state index in [4.69, 9.17) is 0 Å². The Morgan fingerprint density at radius 3 is 1.70 bits per heavy atom. The van der Waals surface area contributed by atoms with Crippen LogP contribution in [0.1, 0.15) is 5.82 Å². The van der Waals surface area contributed by atoms with E-state index in [1.165, 1.54) is 0 Å². The Morgan fingerprint density at radius 1 is 0.700 bits per heavy atom. The van der Waals surface area contributed by atoms with Crippen LogP contribution in [-0.2, 0) is 12.0 Å². The first-order valence-electron chi connectivity index (χ1n) is 4.41. The summed E-state index contributed by atoms with van der Waals surface area (Å²) in [5.74, 6) is -29.7. The second-order valence-corrected chi connectivity index (χ2v) is 3.75. The van der Waals surface area contributed by atoms with Crippen LogP contribution in [0.2, 0.25) is 0 Å². The average Bonchev–Trinajstić information content (AvgIpc) is 2.76. The van der Waals surface area contributed by atoms with Gasteiger partial charge in [0, 0.05) is 0 Å². The fourth-order valence-electron chi connectivity index (χ4n) is 1.43. The maximum Gasteiger partial charge on any atom is 0.416 e. The molecule has 1 aromatic heterocycles. The first-order chi connectivity index (χ1) is 8.73. The van der Waals surface area contributed by atoms with Crippen LogP contribution in [-0.4, -0.2) is 38.0 Å². The van der Waals surface area contributed by atoms with Crippen LogP contribution in [0.5, 0.6) is 0 Å². The van der Waals surface area contributed by atoms with Crippen LogP contribution < -0.4 is 0 Å². The van der Waals surface area contributed by atoms with E-state index in [0.717, 1.165) is 0 Å². The van der Waals surface area contributed by atoms with Gasteiger partial charge < -0.3 is 0 Å². The van der Waals surface area contributed by atoms with Gasteiger partial charge in [-0.25, -0.2) is 0 Å². The number of fused-ring (bicyclic) bond motifs is 1. The lowest BCUT2D eigenvalue weighted by Gasteiger charge is -2.34. The molecule has 0 amide bonds. The summed E-state index contributed by atoms with van der Waals surface area (Å²) in [7, 11) is 0. The Morgan fingerprint density at radius 2 is 1.20 bits per heavy atom. The molecule has 114 valence electrons. The number of hydrogen-bond acceptors (Lipinski definition) is 3. The quantitative estimate of drug-likeness (QED) is 0.689. The third kappa shape index (κ3) is 1.22. The molecule has 0 saturated carbocycles. The number of hydrogen-bond donors (Lipinski definition) is 0. The zero-order chi connectivity index (χ0) is 15.8. The maximum atomic E-state index is 13.2. The van der Waals surface area contributed by atoms with Crippen molar-refractivity contribution in [3.05, 3.63) is 5.82 Å². The van der Waals surface area contributed by atoms with Crippen LogP contribution in [0, 0.1) is 0 Å². The van der Waals surface area contributed by atoms with Crippen molar-refractivity contribution in [2.24, 2.45) is 0 Å². The monoisotopic (exact) mass is 318 g/mol. The van der Waals surface area contributed by atoms with E-state index in [1.54, 1.807) is 0 Å². The van der Waals surface area contributed by atoms with Crippen molar-refractivity contribution in [3.63, 3.8) is 0 Å². The highest BCUT2D eigenvalue weighted by molar-refractivity contribution is 5.17. The van der Waals surface area contributed by atoms with Crippen molar-refractivity contribution in [3.8, 4) is 0 Å². The lowest BCUT2D eigenvalue weighted by atomic mass is 9.99. The summed E-state index contributed by atoms with van der Waals surface area (Å²) in [5.41, 5.74) is 0. The third-order valence-electron chi connectivity index (χ3n) is 2.58. The molecule has 20 heavy (non-hydrogen) atoms. The largest absolute Gasteiger partial charge is 0.416 e. The molecular weight excluding hydrogens is 318 g/mol. The van der Waals surface area contributed by atoms with Gasteiger partial charge in [-0.05, 0) is 10.4 Å². The van der Waals surface area contributed by atoms with Crippen LogP contribution in [0.4, 0.5) is 43.9 Å². The number of rotatable bonds is 0. The third-order valence-corrected chi connectivity index (χ3v) is 2.58. The normalized spacial score (nSPS) is 28.5. The summed E-state index contributed by atoms with van der Waals surface area (Å²) in [4.78, 5) is 0. The van der Waals surface area contributed by atoms with Gasteiger partial charge in [0.05, 0.1) is 0 Å². The van der Waals surface area contributed by atoms with Gasteiger partial charge in [0.2, 0.25) is 5.82 Å². The van der Waals surface area contributed by atoms with Gasteiger partial charge in [0.1, 0.15) is 0 Å². The van der Waals surface area contributed by atoms with E-state index in [1.807, 2.05) is 10.3 Å². The summed E-state index contributed by atoms with van der Waals surface area (Å²) in [6, 6.07) is -6.20. The van der Waals surface area contributed by atoms with E-state index >= 15 is 0 Å². The predicted molar refractivity (Wildman–Crippen MR) is 36.7 cm³/mol. The molecule has 0 N–H and O–H groups in total. The fraction of sp³-hybridized carbons (Fsp3) is 0.833. The number of nitrogens with zero attached hydrogens (tertiary/aromatic N) is 4. The summed E-state index contributed by atoms with van der Waals surface area (Å²) in [6.45, 7) is 0. The molecule has 1 aromatic rings. The fourth-order valence-corrected chi connectivity index (χ4v) is 1.43. The standard InChI is InChI=1S/C6F10N4/c7-2(8)1-17-18-19-20(1)6(15,16)5(13,14)4(11,12)3(2,9)10. The van der Waals surface area contributed by atoms with Crippen molar-refractivity contribution in [1.82, 2.24) is 20.2 Å². The van der Waals surface area contributed by atoms with E-state index in [-0.39, 0.29) is 0 Å². The molecule has 0 atom stereocenters.